The second-order valence-corrected chi connectivity index (χ2v) is 20.6. The van der Waals surface area contributed by atoms with Gasteiger partial charge in [0.1, 0.15) is 13.2 Å². The van der Waals surface area contributed by atoms with Gasteiger partial charge in [0.05, 0.1) is 0 Å². The van der Waals surface area contributed by atoms with E-state index in [1.165, 1.54) is 193 Å². The second-order valence-electron chi connectivity index (χ2n) is 20.6. The molecule has 6 nitrogen and oxygen atoms in total. The summed E-state index contributed by atoms with van der Waals surface area (Å²) in [6, 6.07) is 0. The van der Waals surface area contributed by atoms with Crippen molar-refractivity contribution in [3.8, 4) is 0 Å². The number of hydrogen-bond donors (Lipinski definition) is 0. The number of carbonyl (C=O) groups excluding carboxylic acids is 3. The van der Waals surface area contributed by atoms with E-state index in [9.17, 15) is 14.4 Å². The van der Waals surface area contributed by atoms with Crippen LogP contribution in [-0.4, -0.2) is 37.2 Å². The van der Waals surface area contributed by atoms with Gasteiger partial charge in [-0.25, -0.2) is 0 Å². The molecule has 1 unspecified atom stereocenters. The van der Waals surface area contributed by atoms with Crippen molar-refractivity contribution in [2.45, 2.75) is 329 Å². The molecule has 0 saturated carbocycles. The summed E-state index contributed by atoms with van der Waals surface area (Å²) in [4.78, 5) is 38.0. The Hall–Kier alpha value is -2.63. The molecule has 0 rings (SSSR count). The van der Waals surface area contributed by atoms with Crippen LogP contribution in [0.2, 0.25) is 0 Å². The molecule has 408 valence electrons. The SMILES string of the molecule is CCCCC/C=C\C/C=C\CCCCCCCC(=O)OC(COC(=O)CCCCCCCCCC)COC(=O)CCCCCCCCCCCCCCCCCCC/C=C\C/C=C\CCCCCCC. The fraction of sp³-hybridized carbons (Fsp3) is 0.828. The Balaban J connectivity index is 4.08. The van der Waals surface area contributed by atoms with Gasteiger partial charge in [-0.15, -0.1) is 0 Å². The minimum absolute atomic E-state index is 0.0753. The van der Waals surface area contributed by atoms with E-state index < -0.39 is 6.10 Å². The van der Waals surface area contributed by atoms with Crippen molar-refractivity contribution in [3.05, 3.63) is 48.6 Å². The van der Waals surface area contributed by atoms with Gasteiger partial charge < -0.3 is 14.2 Å². The Labute approximate surface area is 435 Å². The summed E-state index contributed by atoms with van der Waals surface area (Å²) in [5.74, 6) is -0.879. The molecule has 0 aliphatic heterocycles. The fourth-order valence-corrected chi connectivity index (χ4v) is 8.92. The van der Waals surface area contributed by atoms with Gasteiger partial charge in [-0.3, -0.25) is 14.4 Å². The van der Waals surface area contributed by atoms with Crippen molar-refractivity contribution in [2.75, 3.05) is 13.2 Å². The summed E-state index contributed by atoms with van der Waals surface area (Å²) in [6.45, 7) is 6.59. The van der Waals surface area contributed by atoms with Gasteiger partial charge in [-0.05, 0) is 83.5 Å². The van der Waals surface area contributed by atoms with Crippen molar-refractivity contribution < 1.29 is 28.6 Å². The maximum atomic E-state index is 12.8. The number of unbranched alkanes of at least 4 members (excludes halogenated alkanes) is 37. The largest absolute Gasteiger partial charge is 0.462 e. The number of allylic oxidation sites excluding steroid dienone is 8. The lowest BCUT2D eigenvalue weighted by atomic mass is 10.0. The lowest BCUT2D eigenvalue weighted by Crippen LogP contribution is -2.30. The molecular formula is C64H116O6. The normalized spacial score (nSPS) is 12.3. The Kier molecular flexibility index (Phi) is 56.7. The zero-order valence-electron chi connectivity index (χ0n) is 46.8. The monoisotopic (exact) mass is 981 g/mol. The first-order chi connectivity index (χ1) is 34.5. The third kappa shape index (κ3) is 56.3. The number of rotatable bonds is 56. The average molecular weight is 982 g/mol. The molecule has 0 aliphatic carbocycles. The Morgan fingerprint density at radius 1 is 0.286 bits per heavy atom. The number of esters is 3. The van der Waals surface area contributed by atoms with Crippen LogP contribution in [0.15, 0.2) is 48.6 Å². The maximum absolute atomic E-state index is 12.8. The van der Waals surface area contributed by atoms with Gasteiger partial charge in [0.15, 0.2) is 6.10 Å². The van der Waals surface area contributed by atoms with Gasteiger partial charge in [-0.1, -0.05) is 268 Å². The van der Waals surface area contributed by atoms with Crippen LogP contribution < -0.4 is 0 Å². The highest BCUT2D eigenvalue weighted by Gasteiger charge is 2.19. The molecule has 0 amide bonds. The molecular weight excluding hydrogens is 865 g/mol. The van der Waals surface area contributed by atoms with Gasteiger partial charge in [0, 0.05) is 19.3 Å². The van der Waals surface area contributed by atoms with Gasteiger partial charge in [-0.2, -0.15) is 0 Å². The Bertz CT molecular complexity index is 1220. The lowest BCUT2D eigenvalue weighted by Gasteiger charge is -2.18. The topological polar surface area (TPSA) is 78.9 Å². The molecule has 0 aromatic heterocycles. The molecule has 1 atom stereocenters. The molecule has 70 heavy (non-hydrogen) atoms. The first-order valence-electron chi connectivity index (χ1n) is 30.6. The Morgan fingerprint density at radius 2 is 0.514 bits per heavy atom. The summed E-state index contributed by atoms with van der Waals surface area (Å²) in [5, 5.41) is 0. The van der Waals surface area contributed by atoms with Gasteiger partial charge >= 0.3 is 17.9 Å². The fourth-order valence-electron chi connectivity index (χ4n) is 8.92. The van der Waals surface area contributed by atoms with Crippen LogP contribution in [0.4, 0.5) is 0 Å². The van der Waals surface area contributed by atoms with Crippen LogP contribution in [0.1, 0.15) is 323 Å². The standard InChI is InChI=1S/C64H116O6/c1-4-7-10-13-16-19-21-23-25-26-27-28-29-30-31-32-33-34-35-36-37-38-40-41-43-45-48-51-54-57-63(66)69-60-61(59-68-62(65)56-53-50-47-18-15-12-9-6-3)70-64(67)58-55-52-49-46-44-42-39-24-22-20-17-14-11-8-5-2/h17,20-21,23-24,26-27,39,61H,4-16,18-19,22,25,28-38,40-60H2,1-3H3/b20-17-,23-21-,27-26-,39-24-. The van der Waals surface area contributed by atoms with E-state index in [0.29, 0.717) is 19.3 Å². The highest BCUT2D eigenvalue weighted by molar-refractivity contribution is 5.71. The highest BCUT2D eigenvalue weighted by atomic mass is 16.6. The van der Waals surface area contributed by atoms with E-state index >= 15 is 0 Å². The summed E-state index contributed by atoms with van der Waals surface area (Å²) in [7, 11) is 0. The molecule has 0 radical (unpaired) electrons. The van der Waals surface area contributed by atoms with E-state index in [2.05, 4.69) is 69.4 Å². The van der Waals surface area contributed by atoms with Crippen molar-refractivity contribution in [3.63, 3.8) is 0 Å². The van der Waals surface area contributed by atoms with Crippen LogP contribution >= 0.6 is 0 Å². The predicted molar refractivity (Wildman–Crippen MR) is 302 cm³/mol. The van der Waals surface area contributed by atoms with E-state index in [1.807, 2.05) is 0 Å². The molecule has 0 aliphatic rings. The Morgan fingerprint density at radius 3 is 0.814 bits per heavy atom. The predicted octanol–water partition coefficient (Wildman–Crippen LogP) is 20.6. The van der Waals surface area contributed by atoms with Crippen LogP contribution in [0.25, 0.3) is 0 Å². The summed E-state index contributed by atoms with van der Waals surface area (Å²) < 4.78 is 16.8. The van der Waals surface area contributed by atoms with Crippen LogP contribution in [-0.2, 0) is 28.6 Å². The van der Waals surface area contributed by atoms with Gasteiger partial charge in [0.25, 0.3) is 0 Å². The maximum Gasteiger partial charge on any atom is 0.306 e. The van der Waals surface area contributed by atoms with Crippen LogP contribution in [0.3, 0.4) is 0 Å². The molecule has 0 heterocycles. The van der Waals surface area contributed by atoms with Crippen molar-refractivity contribution in [2.24, 2.45) is 0 Å². The third-order valence-electron chi connectivity index (χ3n) is 13.6. The van der Waals surface area contributed by atoms with Crippen LogP contribution in [0, 0.1) is 0 Å². The van der Waals surface area contributed by atoms with Crippen molar-refractivity contribution >= 4 is 17.9 Å². The molecule has 6 heteroatoms. The first-order valence-corrected chi connectivity index (χ1v) is 30.6. The average Bonchev–Trinajstić information content (AvgIpc) is 3.36. The van der Waals surface area contributed by atoms with E-state index in [0.717, 1.165) is 89.9 Å². The zero-order valence-corrected chi connectivity index (χ0v) is 46.8. The molecule has 0 spiro atoms. The number of carbonyl (C=O) groups is 3. The highest BCUT2D eigenvalue weighted by Crippen LogP contribution is 2.17. The molecule has 0 aromatic carbocycles. The van der Waals surface area contributed by atoms with E-state index in [4.69, 9.17) is 14.2 Å². The number of ether oxygens (including phenoxy) is 3. The zero-order chi connectivity index (χ0) is 50.7. The van der Waals surface area contributed by atoms with Crippen molar-refractivity contribution in [1.29, 1.82) is 0 Å². The minimum Gasteiger partial charge on any atom is -0.462 e. The van der Waals surface area contributed by atoms with Crippen LogP contribution in [0.5, 0.6) is 0 Å². The quantitative estimate of drug-likeness (QED) is 0.0261. The van der Waals surface area contributed by atoms with Gasteiger partial charge in [0.2, 0.25) is 0 Å². The summed E-state index contributed by atoms with van der Waals surface area (Å²) >= 11 is 0. The summed E-state index contributed by atoms with van der Waals surface area (Å²) in [6.07, 6.45) is 72.8. The smallest absolute Gasteiger partial charge is 0.306 e. The molecule has 0 N–H and O–H groups in total. The van der Waals surface area contributed by atoms with Crippen molar-refractivity contribution in [1.82, 2.24) is 0 Å². The first kappa shape index (κ1) is 67.4. The molecule has 0 fully saturated rings. The lowest BCUT2D eigenvalue weighted by molar-refractivity contribution is -0.167. The second kappa shape index (κ2) is 58.9. The molecule has 0 saturated heterocycles. The van der Waals surface area contributed by atoms with E-state index in [-0.39, 0.29) is 31.1 Å². The molecule has 0 aromatic rings. The minimum atomic E-state index is -0.776. The third-order valence-corrected chi connectivity index (χ3v) is 13.6. The number of hydrogen-bond acceptors (Lipinski definition) is 6. The van der Waals surface area contributed by atoms with E-state index in [1.54, 1.807) is 0 Å². The summed E-state index contributed by atoms with van der Waals surface area (Å²) in [5.41, 5.74) is 0. The molecule has 0 bridgehead atoms.